The Morgan fingerprint density at radius 3 is 2.54 bits per heavy atom. The van der Waals surface area contributed by atoms with Crippen LogP contribution in [0.4, 0.5) is 10.1 Å². The van der Waals surface area contributed by atoms with Gasteiger partial charge < -0.3 is 5.32 Å². The number of carbonyl (C=O) groups is 1. The summed E-state index contributed by atoms with van der Waals surface area (Å²) < 4.78 is 15.4. The van der Waals surface area contributed by atoms with Crippen LogP contribution in [0.3, 0.4) is 0 Å². The molecule has 1 heterocycles. The summed E-state index contributed by atoms with van der Waals surface area (Å²) in [7, 11) is 0. The molecule has 0 atom stereocenters. The van der Waals surface area contributed by atoms with E-state index >= 15 is 0 Å². The van der Waals surface area contributed by atoms with Crippen LogP contribution in [0.2, 0.25) is 0 Å². The van der Waals surface area contributed by atoms with Crippen LogP contribution in [0.5, 0.6) is 0 Å². The number of rotatable bonds is 4. The van der Waals surface area contributed by atoms with E-state index in [4.69, 9.17) is 0 Å². The van der Waals surface area contributed by atoms with Crippen LogP contribution in [0.25, 0.3) is 5.69 Å². The van der Waals surface area contributed by atoms with E-state index in [1.165, 1.54) is 16.9 Å². The zero-order valence-corrected chi connectivity index (χ0v) is 14.1. The zero-order chi connectivity index (χ0) is 17.1. The van der Waals surface area contributed by atoms with Crippen molar-refractivity contribution < 1.29 is 9.18 Å². The van der Waals surface area contributed by atoms with Gasteiger partial charge in [0.15, 0.2) is 0 Å². The highest BCUT2D eigenvalue weighted by molar-refractivity contribution is 7.98. The second kappa shape index (κ2) is 6.88. The summed E-state index contributed by atoms with van der Waals surface area (Å²) in [6, 6.07) is 13.9. The number of hydrogen-bond acceptors (Lipinski definition) is 3. The maximum Gasteiger partial charge on any atom is 0.259 e. The molecule has 1 N–H and O–H groups in total. The standard InChI is InChI=1S/C18H16FN3OS/c1-12-15(11-20-22(12)17-6-4-3-5-16(17)19)18(23)21-13-7-9-14(24-2)10-8-13/h3-11H,1-2H3,(H,21,23). The third kappa shape index (κ3) is 3.19. The molecule has 0 aliphatic carbocycles. The van der Waals surface area contributed by atoms with Gasteiger partial charge in [-0.3, -0.25) is 4.79 Å². The van der Waals surface area contributed by atoms with Crippen molar-refractivity contribution in [2.24, 2.45) is 0 Å². The molecule has 1 amide bonds. The van der Waals surface area contributed by atoms with Crippen LogP contribution in [-0.4, -0.2) is 21.9 Å². The fourth-order valence-corrected chi connectivity index (χ4v) is 2.78. The van der Waals surface area contributed by atoms with Crippen molar-refractivity contribution in [1.29, 1.82) is 0 Å². The van der Waals surface area contributed by atoms with Crippen molar-refractivity contribution in [3.63, 3.8) is 0 Å². The molecule has 3 aromatic rings. The van der Waals surface area contributed by atoms with Gasteiger partial charge in [0.05, 0.1) is 17.5 Å². The molecule has 24 heavy (non-hydrogen) atoms. The van der Waals surface area contributed by atoms with Gasteiger partial charge >= 0.3 is 0 Å². The molecule has 0 saturated heterocycles. The van der Waals surface area contributed by atoms with Crippen LogP contribution in [-0.2, 0) is 0 Å². The van der Waals surface area contributed by atoms with Crippen molar-refractivity contribution in [3.8, 4) is 5.69 Å². The molecule has 0 spiro atoms. The molecule has 0 aliphatic rings. The molecule has 3 rings (SSSR count). The second-order valence-corrected chi connectivity index (χ2v) is 6.07. The predicted molar refractivity (Wildman–Crippen MR) is 94.4 cm³/mol. The number of benzene rings is 2. The highest BCUT2D eigenvalue weighted by Gasteiger charge is 2.16. The van der Waals surface area contributed by atoms with Gasteiger partial charge in [0, 0.05) is 10.6 Å². The molecule has 4 nitrogen and oxygen atoms in total. The summed E-state index contributed by atoms with van der Waals surface area (Å²) >= 11 is 1.64. The van der Waals surface area contributed by atoms with Crippen LogP contribution in [0, 0.1) is 12.7 Å². The molecule has 1 aromatic heterocycles. The molecule has 0 unspecified atom stereocenters. The number of anilines is 1. The number of amides is 1. The summed E-state index contributed by atoms with van der Waals surface area (Å²) in [5, 5.41) is 6.98. The van der Waals surface area contributed by atoms with Gasteiger partial charge in [0.25, 0.3) is 5.91 Å². The SMILES string of the molecule is CSc1ccc(NC(=O)c2cnn(-c3ccccc3F)c2C)cc1. The third-order valence-electron chi connectivity index (χ3n) is 3.68. The quantitative estimate of drug-likeness (QED) is 0.720. The first kappa shape index (κ1) is 16.3. The van der Waals surface area contributed by atoms with E-state index < -0.39 is 0 Å². The van der Waals surface area contributed by atoms with E-state index in [9.17, 15) is 9.18 Å². The summed E-state index contributed by atoms with van der Waals surface area (Å²) in [4.78, 5) is 13.6. The Bertz CT molecular complexity index is 874. The minimum absolute atomic E-state index is 0.271. The number of nitrogens with one attached hydrogen (secondary N) is 1. The van der Waals surface area contributed by atoms with E-state index in [1.807, 2.05) is 30.5 Å². The molecular weight excluding hydrogens is 325 g/mol. The van der Waals surface area contributed by atoms with Crippen LogP contribution in [0.1, 0.15) is 16.1 Å². The minimum Gasteiger partial charge on any atom is -0.322 e. The number of thioether (sulfide) groups is 1. The van der Waals surface area contributed by atoms with Crippen molar-refractivity contribution in [3.05, 3.63) is 71.8 Å². The number of aromatic nitrogens is 2. The van der Waals surface area contributed by atoms with Gasteiger partial charge in [-0.15, -0.1) is 11.8 Å². The molecule has 0 bridgehead atoms. The highest BCUT2D eigenvalue weighted by Crippen LogP contribution is 2.20. The first-order valence-corrected chi connectivity index (χ1v) is 8.57. The van der Waals surface area contributed by atoms with Crippen molar-refractivity contribution in [1.82, 2.24) is 9.78 Å². The normalized spacial score (nSPS) is 10.6. The molecule has 6 heteroatoms. The largest absolute Gasteiger partial charge is 0.322 e. The van der Waals surface area contributed by atoms with Crippen molar-refractivity contribution >= 4 is 23.4 Å². The fraction of sp³-hybridized carbons (Fsp3) is 0.111. The van der Waals surface area contributed by atoms with Gasteiger partial charge in [0.1, 0.15) is 11.5 Å². The molecular formula is C18H16FN3OS. The number of carbonyl (C=O) groups excluding carboxylic acids is 1. The Balaban J connectivity index is 1.85. The number of halogens is 1. The lowest BCUT2D eigenvalue weighted by atomic mass is 10.2. The maximum atomic E-state index is 13.9. The molecule has 2 aromatic carbocycles. The van der Waals surface area contributed by atoms with E-state index in [1.54, 1.807) is 36.9 Å². The smallest absolute Gasteiger partial charge is 0.259 e. The van der Waals surface area contributed by atoms with E-state index in [2.05, 4.69) is 10.4 Å². The van der Waals surface area contributed by atoms with Gasteiger partial charge in [-0.05, 0) is 49.6 Å². The lowest BCUT2D eigenvalue weighted by molar-refractivity contribution is 0.102. The Morgan fingerprint density at radius 2 is 1.88 bits per heavy atom. The van der Waals surface area contributed by atoms with Crippen LogP contribution < -0.4 is 5.32 Å². The second-order valence-electron chi connectivity index (χ2n) is 5.19. The van der Waals surface area contributed by atoms with Gasteiger partial charge in [-0.1, -0.05) is 12.1 Å². The lowest BCUT2D eigenvalue weighted by Gasteiger charge is -2.07. The lowest BCUT2D eigenvalue weighted by Crippen LogP contribution is -2.13. The van der Waals surface area contributed by atoms with Gasteiger partial charge in [-0.25, -0.2) is 9.07 Å². The molecule has 0 fully saturated rings. The first-order chi connectivity index (χ1) is 11.6. The third-order valence-corrected chi connectivity index (χ3v) is 4.43. The Hall–Kier alpha value is -2.60. The van der Waals surface area contributed by atoms with Crippen LogP contribution in [0.15, 0.2) is 59.6 Å². The number of hydrogen-bond donors (Lipinski definition) is 1. The highest BCUT2D eigenvalue weighted by atomic mass is 32.2. The summed E-state index contributed by atoms with van der Waals surface area (Å²) in [5.74, 6) is -0.657. The topological polar surface area (TPSA) is 46.9 Å². The Kier molecular flexibility index (Phi) is 4.66. The van der Waals surface area contributed by atoms with E-state index in [-0.39, 0.29) is 11.7 Å². The zero-order valence-electron chi connectivity index (χ0n) is 13.3. The molecule has 0 radical (unpaired) electrons. The Labute approximate surface area is 143 Å². The first-order valence-electron chi connectivity index (χ1n) is 7.35. The minimum atomic E-state index is -0.386. The molecule has 122 valence electrons. The monoisotopic (exact) mass is 341 g/mol. The molecule has 0 aliphatic heterocycles. The van der Waals surface area contributed by atoms with E-state index in [0.717, 1.165) is 4.90 Å². The summed E-state index contributed by atoms with van der Waals surface area (Å²) in [6.07, 6.45) is 3.45. The Morgan fingerprint density at radius 1 is 1.17 bits per heavy atom. The maximum absolute atomic E-state index is 13.9. The summed E-state index contributed by atoms with van der Waals surface area (Å²) in [6.45, 7) is 1.74. The average molecular weight is 341 g/mol. The van der Waals surface area contributed by atoms with Crippen LogP contribution >= 0.6 is 11.8 Å². The number of nitrogens with zero attached hydrogens (tertiary/aromatic N) is 2. The van der Waals surface area contributed by atoms with Gasteiger partial charge in [-0.2, -0.15) is 5.10 Å². The fourth-order valence-electron chi connectivity index (χ4n) is 2.37. The van der Waals surface area contributed by atoms with Crippen molar-refractivity contribution in [2.75, 3.05) is 11.6 Å². The number of para-hydroxylation sites is 1. The van der Waals surface area contributed by atoms with Gasteiger partial charge in [0.2, 0.25) is 0 Å². The molecule has 0 saturated carbocycles. The predicted octanol–water partition coefficient (Wildman–Crippen LogP) is 4.29. The van der Waals surface area contributed by atoms with E-state index in [0.29, 0.717) is 22.6 Å². The summed E-state index contributed by atoms with van der Waals surface area (Å²) in [5.41, 5.74) is 2.01. The average Bonchev–Trinajstić information content (AvgIpc) is 2.97. The van der Waals surface area contributed by atoms with Crippen molar-refractivity contribution in [2.45, 2.75) is 11.8 Å².